The Kier molecular flexibility index (Phi) is 4.54. The zero-order chi connectivity index (χ0) is 19.0. The molecule has 1 atom stereocenters. The Morgan fingerprint density at radius 1 is 0.926 bits per heavy atom. The average molecular weight is 357 g/mol. The maximum Gasteiger partial charge on any atom is 0.324 e. The first-order valence-electron chi connectivity index (χ1n) is 9.22. The molecule has 0 heterocycles. The van der Waals surface area contributed by atoms with Gasteiger partial charge in [0, 0.05) is 5.92 Å². The summed E-state index contributed by atoms with van der Waals surface area (Å²) in [6.45, 7) is 4.32. The monoisotopic (exact) mass is 357 g/mol. The number of nitrogens with two attached hydrogens (primary N) is 1. The van der Waals surface area contributed by atoms with Gasteiger partial charge in [-0.15, -0.1) is 0 Å². The predicted molar refractivity (Wildman–Crippen MR) is 107 cm³/mol. The van der Waals surface area contributed by atoms with Crippen LogP contribution in [0.25, 0.3) is 11.1 Å². The molecule has 4 rings (SSSR count). The highest BCUT2D eigenvalue weighted by Gasteiger charge is 2.36. The topological polar surface area (TPSA) is 52.3 Å². The molecule has 1 aliphatic rings. The summed E-state index contributed by atoms with van der Waals surface area (Å²) in [5.41, 5.74) is 14.2. The van der Waals surface area contributed by atoms with E-state index in [0.29, 0.717) is 0 Å². The third-order valence-corrected chi connectivity index (χ3v) is 5.18. The first-order chi connectivity index (χ1) is 13.0. The number of benzene rings is 3. The quantitative estimate of drug-likeness (QED) is 0.700. The van der Waals surface area contributed by atoms with Crippen molar-refractivity contribution in [3.05, 3.63) is 94.5 Å². The predicted octanol–water partition coefficient (Wildman–Crippen LogP) is 4.49. The van der Waals surface area contributed by atoms with Crippen LogP contribution in [-0.4, -0.2) is 12.0 Å². The molecule has 136 valence electrons. The van der Waals surface area contributed by atoms with Gasteiger partial charge in [0.1, 0.15) is 12.6 Å². The minimum Gasteiger partial charge on any atom is -0.460 e. The van der Waals surface area contributed by atoms with E-state index in [4.69, 9.17) is 10.5 Å². The van der Waals surface area contributed by atoms with Gasteiger partial charge in [-0.2, -0.15) is 0 Å². The van der Waals surface area contributed by atoms with Crippen molar-refractivity contribution in [2.75, 3.05) is 0 Å². The average Bonchev–Trinajstić information content (AvgIpc) is 2.99. The van der Waals surface area contributed by atoms with E-state index < -0.39 is 6.04 Å². The van der Waals surface area contributed by atoms with Crippen LogP contribution >= 0.6 is 0 Å². The van der Waals surface area contributed by atoms with E-state index in [1.54, 1.807) is 0 Å². The molecule has 3 nitrogen and oxygen atoms in total. The minimum atomic E-state index is -0.735. The van der Waals surface area contributed by atoms with Crippen LogP contribution in [-0.2, 0) is 16.1 Å². The highest BCUT2D eigenvalue weighted by Crippen LogP contribution is 2.45. The lowest BCUT2D eigenvalue weighted by Crippen LogP contribution is -2.38. The van der Waals surface area contributed by atoms with Crippen molar-refractivity contribution in [3.63, 3.8) is 0 Å². The standard InChI is InChI=1S/C24H23NO2/c1-15-11-16(2)13-17(12-15)14-27-24(26)23(25)22-20-9-5-3-7-18(20)19-8-4-6-10-21(19)22/h3-13,22-23H,14,25H2,1-2H3. The van der Waals surface area contributed by atoms with Gasteiger partial charge >= 0.3 is 5.97 Å². The van der Waals surface area contributed by atoms with Crippen molar-refractivity contribution in [2.24, 2.45) is 5.73 Å². The number of hydrogen-bond donors (Lipinski definition) is 1. The van der Waals surface area contributed by atoms with E-state index in [2.05, 4.69) is 30.3 Å². The van der Waals surface area contributed by atoms with E-state index >= 15 is 0 Å². The zero-order valence-corrected chi connectivity index (χ0v) is 15.6. The maximum atomic E-state index is 12.7. The van der Waals surface area contributed by atoms with Crippen LogP contribution < -0.4 is 5.73 Å². The van der Waals surface area contributed by atoms with Crippen LogP contribution in [0, 0.1) is 13.8 Å². The molecule has 0 saturated heterocycles. The van der Waals surface area contributed by atoms with E-state index in [0.717, 1.165) is 38.9 Å². The van der Waals surface area contributed by atoms with Crippen molar-refractivity contribution in [2.45, 2.75) is 32.4 Å². The maximum absolute atomic E-state index is 12.7. The number of rotatable bonds is 4. The van der Waals surface area contributed by atoms with Crippen molar-refractivity contribution in [1.82, 2.24) is 0 Å². The van der Waals surface area contributed by atoms with Gasteiger partial charge in [0.2, 0.25) is 0 Å². The Bertz CT molecular complexity index is 943. The molecule has 3 aromatic carbocycles. The molecule has 0 saturated carbocycles. The van der Waals surface area contributed by atoms with E-state index in [1.807, 2.05) is 50.2 Å². The smallest absolute Gasteiger partial charge is 0.324 e. The van der Waals surface area contributed by atoms with Crippen molar-refractivity contribution in [3.8, 4) is 11.1 Å². The molecular formula is C24H23NO2. The Morgan fingerprint density at radius 3 is 2.00 bits per heavy atom. The zero-order valence-electron chi connectivity index (χ0n) is 15.6. The normalized spacial score (nSPS) is 13.7. The Balaban J connectivity index is 1.57. The molecule has 0 fully saturated rings. The minimum absolute atomic E-state index is 0.177. The summed E-state index contributed by atoms with van der Waals surface area (Å²) in [7, 11) is 0. The Hall–Kier alpha value is -2.91. The third kappa shape index (κ3) is 3.26. The number of hydrogen-bond acceptors (Lipinski definition) is 3. The number of fused-ring (bicyclic) bond motifs is 3. The van der Waals surface area contributed by atoms with E-state index in [1.165, 1.54) is 0 Å². The van der Waals surface area contributed by atoms with Crippen LogP contribution in [0.5, 0.6) is 0 Å². The van der Waals surface area contributed by atoms with Crippen LogP contribution in [0.15, 0.2) is 66.7 Å². The van der Waals surface area contributed by atoms with Gasteiger partial charge in [-0.05, 0) is 41.7 Å². The van der Waals surface area contributed by atoms with E-state index in [-0.39, 0.29) is 18.5 Å². The first-order valence-corrected chi connectivity index (χ1v) is 9.22. The highest BCUT2D eigenvalue weighted by molar-refractivity contribution is 5.85. The van der Waals surface area contributed by atoms with Gasteiger partial charge in [-0.25, -0.2) is 0 Å². The molecule has 27 heavy (non-hydrogen) atoms. The summed E-state index contributed by atoms with van der Waals surface area (Å²) < 4.78 is 5.58. The molecular weight excluding hydrogens is 334 g/mol. The second-order valence-corrected chi connectivity index (χ2v) is 7.28. The van der Waals surface area contributed by atoms with Crippen molar-refractivity contribution in [1.29, 1.82) is 0 Å². The van der Waals surface area contributed by atoms with Gasteiger partial charge in [0.05, 0.1) is 0 Å². The number of ether oxygens (including phenoxy) is 1. The molecule has 0 bridgehead atoms. The largest absolute Gasteiger partial charge is 0.460 e. The molecule has 0 amide bonds. The fourth-order valence-corrected chi connectivity index (χ4v) is 4.12. The van der Waals surface area contributed by atoms with Crippen LogP contribution in [0.2, 0.25) is 0 Å². The van der Waals surface area contributed by atoms with Crippen LogP contribution in [0.4, 0.5) is 0 Å². The second kappa shape index (κ2) is 7.01. The van der Waals surface area contributed by atoms with Gasteiger partial charge in [-0.1, -0.05) is 77.9 Å². The summed E-state index contributed by atoms with van der Waals surface area (Å²) in [5.74, 6) is -0.546. The van der Waals surface area contributed by atoms with Gasteiger partial charge in [-0.3, -0.25) is 4.79 Å². The molecule has 0 radical (unpaired) electrons. The Morgan fingerprint density at radius 2 is 1.44 bits per heavy atom. The van der Waals surface area contributed by atoms with Crippen LogP contribution in [0.3, 0.4) is 0 Å². The number of esters is 1. The van der Waals surface area contributed by atoms with Gasteiger partial charge in [0.25, 0.3) is 0 Å². The summed E-state index contributed by atoms with van der Waals surface area (Å²) in [5, 5.41) is 0. The summed E-state index contributed by atoms with van der Waals surface area (Å²) in [6.07, 6.45) is 0. The molecule has 1 unspecified atom stereocenters. The first kappa shape index (κ1) is 17.5. The molecule has 3 aromatic rings. The fourth-order valence-electron chi connectivity index (χ4n) is 4.12. The molecule has 1 aliphatic carbocycles. The molecule has 0 aromatic heterocycles. The summed E-state index contributed by atoms with van der Waals surface area (Å²) in [4.78, 5) is 12.7. The number of carbonyl (C=O) groups is 1. The number of aryl methyl sites for hydroxylation is 2. The molecule has 3 heteroatoms. The van der Waals surface area contributed by atoms with Crippen molar-refractivity contribution < 1.29 is 9.53 Å². The highest BCUT2D eigenvalue weighted by atomic mass is 16.5. The second-order valence-electron chi connectivity index (χ2n) is 7.28. The Labute approximate surface area is 159 Å². The SMILES string of the molecule is Cc1cc(C)cc(COC(=O)C(N)C2c3ccccc3-c3ccccc32)c1. The van der Waals surface area contributed by atoms with Gasteiger partial charge < -0.3 is 10.5 Å². The fraction of sp³-hybridized carbons (Fsp3) is 0.208. The molecule has 0 aliphatic heterocycles. The number of carbonyl (C=O) groups excluding carboxylic acids is 1. The van der Waals surface area contributed by atoms with E-state index in [9.17, 15) is 4.79 Å². The summed E-state index contributed by atoms with van der Waals surface area (Å²) >= 11 is 0. The lowest BCUT2D eigenvalue weighted by atomic mass is 9.90. The third-order valence-electron chi connectivity index (χ3n) is 5.18. The molecule has 0 spiro atoms. The van der Waals surface area contributed by atoms with Gasteiger partial charge in [0.15, 0.2) is 0 Å². The summed E-state index contributed by atoms with van der Waals surface area (Å²) in [6, 6.07) is 21.7. The van der Waals surface area contributed by atoms with Crippen molar-refractivity contribution >= 4 is 5.97 Å². The molecule has 2 N–H and O–H groups in total. The van der Waals surface area contributed by atoms with Crippen LogP contribution in [0.1, 0.15) is 33.7 Å². The lowest BCUT2D eigenvalue weighted by molar-refractivity contribution is -0.146. The lowest BCUT2D eigenvalue weighted by Gasteiger charge is -2.20.